The highest BCUT2D eigenvalue weighted by Gasteiger charge is 1.97. The lowest BCUT2D eigenvalue weighted by molar-refractivity contribution is 0.306. The van der Waals surface area contributed by atoms with Gasteiger partial charge in [-0.05, 0) is 12.5 Å². The van der Waals surface area contributed by atoms with Crippen LogP contribution in [0.2, 0.25) is 0 Å². The second kappa shape index (κ2) is 6.66. The smallest absolute Gasteiger partial charge is 0.130 e. The van der Waals surface area contributed by atoms with Crippen molar-refractivity contribution < 1.29 is 4.74 Å². The summed E-state index contributed by atoms with van der Waals surface area (Å²) in [6.45, 7) is 6.78. The van der Waals surface area contributed by atoms with Gasteiger partial charge in [0, 0.05) is 10.3 Å². The fraction of sp³-hybridized carbons (Fsp3) is 0.500. The molecule has 1 aromatic heterocycles. The van der Waals surface area contributed by atoms with Crippen molar-refractivity contribution in [2.45, 2.75) is 32.6 Å². The molecule has 0 spiro atoms. The maximum absolute atomic E-state index is 5.60. The van der Waals surface area contributed by atoms with E-state index in [9.17, 15) is 0 Å². The van der Waals surface area contributed by atoms with E-state index in [2.05, 4.69) is 13.5 Å². The lowest BCUT2D eigenvalue weighted by atomic mass is 10.2. The van der Waals surface area contributed by atoms with E-state index in [1.807, 2.05) is 17.5 Å². The van der Waals surface area contributed by atoms with E-state index in [-0.39, 0.29) is 0 Å². The number of rotatable bonds is 7. The third kappa shape index (κ3) is 3.97. The number of hydrogen-bond donors (Lipinski definition) is 0. The molecule has 0 saturated carbocycles. The third-order valence-electron chi connectivity index (χ3n) is 2.06. The summed E-state index contributed by atoms with van der Waals surface area (Å²) < 4.78 is 5.60. The highest BCUT2D eigenvalue weighted by atomic mass is 32.1. The maximum atomic E-state index is 5.60. The van der Waals surface area contributed by atoms with Gasteiger partial charge in [0.1, 0.15) is 5.75 Å². The van der Waals surface area contributed by atoms with Crippen molar-refractivity contribution in [2.24, 2.45) is 0 Å². The van der Waals surface area contributed by atoms with Crippen molar-refractivity contribution >= 4 is 17.4 Å². The lowest BCUT2D eigenvalue weighted by Gasteiger charge is -2.02. The summed E-state index contributed by atoms with van der Waals surface area (Å²) in [5, 5.41) is 2.04. The molecule has 0 aliphatic heterocycles. The van der Waals surface area contributed by atoms with Crippen LogP contribution in [-0.2, 0) is 0 Å². The molecular formula is C12H18OS. The van der Waals surface area contributed by atoms with Gasteiger partial charge in [-0.3, -0.25) is 0 Å². The average molecular weight is 210 g/mol. The Morgan fingerprint density at radius 2 is 2.29 bits per heavy atom. The number of thiophene rings is 1. The summed E-state index contributed by atoms with van der Waals surface area (Å²) in [4.78, 5) is 1.17. The molecule has 0 aliphatic rings. The minimum absolute atomic E-state index is 0.841. The highest BCUT2D eigenvalue weighted by molar-refractivity contribution is 7.11. The molecule has 1 heterocycles. The van der Waals surface area contributed by atoms with E-state index < -0.39 is 0 Å². The molecule has 14 heavy (non-hydrogen) atoms. The number of hydrogen-bond acceptors (Lipinski definition) is 2. The molecule has 0 atom stereocenters. The van der Waals surface area contributed by atoms with Gasteiger partial charge >= 0.3 is 0 Å². The fourth-order valence-corrected chi connectivity index (χ4v) is 1.90. The van der Waals surface area contributed by atoms with Crippen LogP contribution in [0.5, 0.6) is 5.75 Å². The van der Waals surface area contributed by atoms with Gasteiger partial charge < -0.3 is 4.74 Å². The van der Waals surface area contributed by atoms with Crippen molar-refractivity contribution in [3.05, 3.63) is 22.9 Å². The van der Waals surface area contributed by atoms with Gasteiger partial charge in [0.15, 0.2) is 0 Å². The third-order valence-corrected chi connectivity index (χ3v) is 2.97. The Morgan fingerprint density at radius 1 is 1.43 bits per heavy atom. The summed E-state index contributed by atoms with van der Waals surface area (Å²) >= 11 is 1.67. The predicted octanol–water partition coefficient (Wildman–Crippen LogP) is 4.35. The van der Waals surface area contributed by atoms with Gasteiger partial charge in [-0.2, -0.15) is 0 Å². The zero-order valence-electron chi connectivity index (χ0n) is 8.79. The molecule has 0 unspecified atom stereocenters. The largest absolute Gasteiger partial charge is 0.493 e. The van der Waals surface area contributed by atoms with Crippen LogP contribution in [0.15, 0.2) is 18.0 Å². The first kappa shape index (κ1) is 11.3. The minimum Gasteiger partial charge on any atom is -0.493 e. The van der Waals surface area contributed by atoms with Crippen LogP contribution in [0.1, 0.15) is 37.5 Å². The van der Waals surface area contributed by atoms with E-state index in [1.165, 1.54) is 24.1 Å². The van der Waals surface area contributed by atoms with Crippen LogP contribution in [0, 0.1) is 0 Å². The van der Waals surface area contributed by atoms with Crippen LogP contribution in [-0.4, -0.2) is 6.61 Å². The summed E-state index contributed by atoms with van der Waals surface area (Å²) in [5.74, 6) is 0.987. The van der Waals surface area contributed by atoms with E-state index in [1.54, 1.807) is 11.3 Å². The van der Waals surface area contributed by atoms with Gasteiger partial charge in [0.2, 0.25) is 0 Å². The van der Waals surface area contributed by atoms with Crippen molar-refractivity contribution in [1.82, 2.24) is 0 Å². The Labute approximate surface area is 90.4 Å². The molecule has 1 aromatic rings. The predicted molar refractivity (Wildman–Crippen MR) is 64.0 cm³/mol. The second-order valence-electron chi connectivity index (χ2n) is 3.30. The summed E-state index contributed by atoms with van der Waals surface area (Å²) in [5.41, 5.74) is 0. The Balaban J connectivity index is 2.14. The normalized spacial score (nSPS) is 10.1. The molecule has 0 N–H and O–H groups in total. The van der Waals surface area contributed by atoms with E-state index in [0.29, 0.717) is 0 Å². The van der Waals surface area contributed by atoms with Crippen LogP contribution >= 0.6 is 11.3 Å². The number of ether oxygens (including phenoxy) is 1. The van der Waals surface area contributed by atoms with Gasteiger partial charge in [0.25, 0.3) is 0 Å². The van der Waals surface area contributed by atoms with Gasteiger partial charge in [-0.15, -0.1) is 11.3 Å². The van der Waals surface area contributed by atoms with Crippen LogP contribution in [0.3, 0.4) is 0 Å². The molecule has 0 radical (unpaired) electrons. The molecular weight excluding hydrogens is 192 g/mol. The van der Waals surface area contributed by atoms with Gasteiger partial charge in [-0.25, -0.2) is 0 Å². The fourth-order valence-electron chi connectivity index (χ4n) is 1.24. The van der Waals surface area contributed by atoms with Crippen molar-refractivity contribution in [3.63, 3.8) is 0 Å². The van der Waals surface area contributed by atoms with E-state index in [0.717, 1.165) is 18.8 Å². The first-order valence-electron chi connectivity index (χ1n) is 5.20. The van der Waals surface area contributed by atoms with E-state index in [4.69, 9.17) is 4.74 Å². The lowest BCUT2D eigenvalue weighted by Crippen LogP contribution is -1.95. The Kier molecular flexibility index (Phi) is 5.38. The van der Waals surface area contributed by atoms with E-state index >= 15 is 0 Å². The van der Waals surface area contributed by atoms with Crippen molar-refractivity contribution in [3.8, 4) is 5.75 Å². The van der Waals surface area contributed by atoms with Crippen molar-refractivity contribution in [1.29, 1.82) is 0 Å². The zero-order chi connectivity index (χ0) is 10.2. The van der Waals surface area contributed by atoms with Crippen LogP contribution in [0.25, 0.3) is 6.08 Å². The van der Waals surface area contributed by atoms with Crippen LogP contribution in [0.4, 0.5) is 0 Å². The summed E-state index contributed by atoms with van der Waals surface area (Å²) in [6, 6.07) is 2.04. The molecule has 1 rings (SSSR count). The maximum Gasteiger partial charge on any atom is 0.130 e. The Morgan fingerprint density at radius 3 is 2.93 bits per heavy atom. The molecule has 0 aliphatic carbocycles. The zero-order valence-corrected chi connectivity index (χ0v) is 9.61. The summed E-state index contributed by atoms with van der Waals surface area (Å²) in [6.07, 6.45) is 6.88. The molecule has 1 nitrogen and oxygen atoms in total. The standard InChI is InChI=1S/C12H18OS/c1-3-5-6-7-8-13-11-9-12(4-2)14-10-11/h4,9-10H,2-3,5-8H2,1H3. The molecule has 2 heteroatoms. The molecule has 0 aromatic carbocycles. The monoisotopic (exact) mass is 210 g/mol. The highest BCUT2D eigenvalue weighted by Crippen LogP contribution is 2.22. The van der Waals surface area contributed by atoms with Gasteiger partial charge in [0.05, 0.1) is 6.61 Å². The Hall–Kier alpha value is -0.760. The second-order valence-corrected chi connectivity index (χ2v) is 4.24. The molecule has 0 saturated heterocycles. The molecule has 0 fully saturated rings. The van der Waals surface area contributed by atoms with Crippen molar-refractivity contribution in [2.75, 3.05) is 6.61 Å². The summed E-state index contributed by atoms with van der Waals surface area (Å²) in [7, 11) is 0. The molecule has 0 bridgehead atoms. The van der Waals surface area contributed by atoms with Crippen LogP contribution < -0.4 is 4.74 Å². The first-order valence-corrected chi connectivity index (χ1v) is 6.08. The number of unbranched alkanes of at least 4 members (excludes halogenated alkanes) is 3. The SMILES string of the molecule is C=Cc1cc(OCCCCCC)cs1. The molecule has 78 valence electrons. The van der Waals surface area contributed by atoms with Gasteiger partial charge in [-0.1, -0.05) is 38.8 Å². The quantitative estimate of drug-likeness (QED) is 0.608. The Bertz CT molecular complexity index is 265. The minimum atomic E-state index is 0.841. The average Bonchev–Trinajstić information content (AvgIpc) is 2.65. The molecule has 0 amide bonds. The topological polar surface area (TPSA) is 9.23 Å². The first-order chi connectivity index (χ1) is 6.86.